The quantitative estimate of drug-likeness (QED) is 0.492. The molecule has 3 saturated heterocycles. The van der Waals surface area contributed by atoms with Crippen LogP contribution in [0.15, 0.2) is 30.5 Å². The van der Waals surface area contributed by atoms with Crippen LogP contribution in [-0.4, -0.2) is 86.5 Å². The van der Waals surface area contributed by atoms with Gasteiger partial charge in [0.05, 0.1) is 36.4 Å². The maximum Gasteiger partial charge on any atom is 0.393 e. The number of hydrogen-bond acceptors (Lipinski definition) is 7. The van der Waals surface area contributed by atoms with Gasteiger partial charge in [0.15, 0.2) is 0 Å². The van der Waals surface area contributed by atoms with Crippen LogP contribution in [0.5, 0.6) is 5.88 Å². The predicted octanol–water partition coefficient (Wildman–Crippen LogP) is 3.84. The number of ether oxygens (including phenoxy) is 2. The summed E-state index contributed by atoms with van der Waals surface area (Å²) >= 11 is 0. The van der Waals surface area contributed by atoms with E-state index in [1.807, 2.05) is 18.9 Å². The van der Waals surface area contributed by atoms with Gasteiger partial charge in [-0.1, -0.05) is 0 Å². The molecule has 13 heteroatoms. The molecule has 4 heterocycles. The third-order valence-corrected chi connectivity index (χ3v) is 8.31. The van der Waals surface area contributed by atoms with Crippen molar-refractivity contribution in [2.45, 2.75) is 44.5 Å². The monoisotopic (exact) mass is 593 g/mol. The Labute approximate surface area is 241 Å². The third kappa shape index (κ3) is 6.78. The summed E-state index contributed by atoms with van der Waals surface area (Å²) in [7, 11) is 1.98. The number of nitrogens with one attached hydrogen (secondary N) is 2. The minimum Gasteiger partial charge on any atom is -0.474 e. The fourth-order valence-corrected chi connectivity index (χ4v) is 5.61. The Kier molecular flexibility index (Phi) is 8.88. The molecule has 0 spiro atoms. The van der Waals surface area contributed by atoms with Crippen molar-refractivity contribution in [2.75, 3.05) is 56.7 Å². The van der Waals surface area contributed by atoms with E-state index in [1.165, 1.54) is 18.3 Å². The summed E-state index contributed by atoms with van der Waals surface area (Å²) in [5.41, 5.74) is 1.11. The second-order valence-corrected chi connectivity index (χ2v) is 11.2. The number of amides is 2. The standard InChI is InChI=1S/C29H35F4N5O4/c1-17-16-38(8-7-37(17)2)25-13-23(30)20(18-3-4-27(35-14-18)42-19-5-9-41-10-6-19)11-24(25)36-28(40)21-15-34-26(39)12-22(21)29(31,32)33/h3-4,11,13-14,17,19,21-22H,5-10,12,15-16H2,1-2H3,(H,34,39)(H,36,40)/t17-,21?,22?/m0/s1. The summed E-state index contributed by atoms with van der Waals surface area (Å²) < 4.78 is 68.3. The minimum atomic E-state index is -4.73. The Bertz CT molecular complexity index is 1290. The third-order valence-electron chi connectivity index (χ3n) is 8.31. The van der Waals surface area contributed by atoms with E-state index in [0.29, 0.717) is 50.0 Å². The zero-order chi connectivity index (χ0) is 30.0. The normalized spacial score (nSPS) is 24.3. The van der Waals surface area contributed by atoms with Crippen LogP contribution in [-0.2, 0) is 14.3 Å². The van der Waals surface area contributed by atoms with Gasteiger partial charge < -0.3 is 29.9 Å². The molecular formula is C29H35F4N5O4. The zero-order valence-electron chi connectivity index (χ0n) is 23.5. The number of benzene rings is 1. The predicted molar refractivity (Wildman–Crippen MR) is 148 cm³/mol. The maximum absolute atomic E-state index is 15.7. The summed E-state index contributed by atoms with van der Waals surface area (Å²) in [5.74, 6) is -5.47. The number of piperazine rings is 1. The van der Waals surface area contributed by atoms with Gasteiger partial charge >= 0.3 is 6.18 Å². The number of carbonyl (C=O) groups is 2. The van der Waals surface area contributed by atoms with Gasteiger partial charge in [-0.05, 0) is 32.2 Å². The van der Waals surface area contributed by atoms with E-state index in [-0.39, 0.29) is 23.4 Å². The van der Waals surface area contributed by atoms with Gasteiger partial charge in [-0.25, -0.2) is 9.37 Å². The Balaban J connectivity index is 1.45. The Morgan fingerprint density at radius 1 is 1.19 bits per heavy atom. The molecule has 3 aliphatic rings. The molecule has 0 saturated carbocycles. The molecule has 2 N–H and O–H groups in total. The maximum atomic E-state index is 15.7. The lowest BCUT2D eigenvalue weighted by molar-refractivity contribution is -0.197. The topological polar surface area (TPSA) is 96.0 Å². The van der Waals surface area contributed by atoms with Crippen LogP contribution in [0.2, 0.25) is 0 Å². The molecule has 3 atom stereocenters. The molecular weight excluding hydrogens is 558 g/mol. The van der Waals surface area contributed by atoms with Gasteiger partial charge in [-0.15, -0.1) is 0 Å². The number of pyridine rings is 1. The van der Waals surface area contributed by atoms with Gasteiger partial charge in [-0.2, -0.15) is 13.2 Å². The second-order valence-electron chi connectivity index (χ2n) is 11.2. The molecule has 3 fully saturated rings. The molecule has 2 unspecified atom stereocenters. The highest BCUT2D eigenvalue weighted by Crippen LogP contribution is 2.39. The molecule has 1 aromatic heterocycles. The lowest BCUT2D eigenvalue weighted by Gasteiger charge is -2.40. The molecule has 1 aromatic carbocycles. The largest absolute Gasteiger partial charge is 0.474 e. The molecule has 0 aliphatic carbocycles. The van der Waals surface area contributed by atoms with Crippen LogP contribution in [0.25, 0.3) is 11.1 Å². The van der Waals surface area contributed by atoms with Crippen molar-refractivity contribution in [2.24, 2.45) is 11.8 Å². The number of alkyl halides is 3. The van der Waals surface area contributed by atoms with Crippen LogP contribution in [0.3, 0.4) is 0 Å². The van der Waals surface area contributed by atoms with Crippen LogP contribution >= 0.6 is 0 Å². The van der Waals surface area contributed by atoms with Gasteiger partial charge in [-0.3, -0.25) is 9.59 Å². The van der Waals surface area contributed by atoms with Crippen molar-refractivity contribution in [3.8, 4) is 17.0 Å². The number of piperidine rings is 1. The molecule has 0 radical (unpaired) electrons. The first-order valence-corrected chi connectivity index (χ1v) is 14.1. The smallest absolute Gasteiger partial charge is 0.393 e. The van der Waals surface area contributed by atoms with Crippen molar-refractivity contribution in [3.05, 3.63) is 36.3 Å². The van der Waals surface area contributed by atoms with Crippen molar-refractivity contribution in [3.63, 3.8) is 0 Å². The number of aromatic nitrogens is 1. The molecule has 0 bridgehead atoms. The number of rotatable bonds is 6. The Hall–Kier alpha value is -3.45. The summed E-state index contributed by atoms with van der Waals surface area (Å²) in [4.78, 5) is 33.4. The van der Waals surface area contributed by atoms with Crippen LogP contribution in [0, 0.1) is 17.7 Å². The average molecular weight is 594 g/mol. The lowest BCUT2D eigenvalue weighted by Crippen LogP contribution is -2.51. The van der Waals surface area contributed by atoms with Crippen LogP contribution < -0.4 is 20.3 Å². The fourth-order valence-electron chi connectivity index (χ4n) is 5.61. The summed E-state index contributed by atoms with van der Waals surface area (Å²) in [5, 5.41) is 5.02. The highest BCUT2D eigenvalue weighted by atomic mass is 19.4. The first-order valence-electron chi connectivity index (χ1n) is 14.1. The van der Waals surface area contributed by atoms with Crippen molar-refractivity contribution in [1.29, 1.82) is 0 Å². The SMILES string of the molecule is C[C@H]1CN(c2cc(F)c(-c3ccc(OC4CCOCC4)nc3)cc2NC(=O)C2CNC(=O)CC2C(F)(F)F)CCN1C. The molecule has 3 aliphatic heterocycles. The average Bonchev–Trinajstić information content (AvgIpc) is 2.96. The fraction of sp³-hybridized carbons (Fsp3) is 0.552. The number of anilines is 2. The molecule has 42 heavy (non-hydrogen) atoms. The van der Waals surface area contributed by atoms with E-state index in [2.05, 4.69) is 20.5 Å². The van der Waals surface area contributed by atoms with E-state index in [4.69, 9.17) is 9.47 Å². The minimum absolute atomic E-state index is 0.0222. The molecule has 228 valence electrons. The molecule has 2 aromatic rings. The van der Waals surface area contributed by atoms with Gasteiger partial charge in [0.1, 0.15) is 11.9 Å². The number of carbonyl (C=O) groups excluding carboxylic acids is 2. The second kappa shape index (κ2) is 12.4. The van der Waals surface area contributed by atoms with Crippen molar-refractivity contribution >= 4 is 23.2 Å². The van der Waals surface area contributed by atoms with Gasteiger partial charge in [0.2, 0.25) is 17.7 Å². The van der Waals surface area contributed by atoms with Gasteiger partial charge in [0, 0.05) is 74.9 Å². The number of likely N-dealkylation sites (N-methyl/N-ethyl adjacent to an activating group) is 1. The highest BCUT2D eigenvalue weighted by Gasteiger charge is 2.50. The molecule has 2 amide bonds. The highest BCUT2D eigenvalue weighted by molar-refractivity contribution is 5.98. The lowest BCUT2D eigenvalue weighted by atomic mass is 9.84. The van der Waals surface area contributed by atoms with Gasteiger partial charge in [0.25, 0.3) is 0 Å². The summed E-state index contributed by atoms with van der Waals surface area (Å²) in [6.07, 6.45) is -2.63. The first kappa shape index (κ1) is 30.0. The Morgan fingerprint density at radius 3 is 2.62 bits per heavy atom. The van der Waals surface area contributed by atoms with E-state index in [9.17, 15) is 22.8 Å². The number of nitrogens with zero attached hydrogens (tertiary/aromatic N) is 3. The van der Waals surface area contributed by atoms with Crippen LogP contribution in [0.4, 0.5) is 28.9 Å². The summed E-state index contributed by atoms with van der Waals surface area (Å²) in [6.45, 7) is 4.54. The molecule has 5 rings (SSSR count). The zero-order valence-corrected chi connectivity index (χ0v) is 23.5. The number of hydrogen-bond donors (Lipinski definition) is 2. The van der Waals surface area contributed by atoms with Crippen molar-refractivity contribution < 1.29 is 36.6 Å². The van der Waals surface area contributed by atoms with Crippen molar-refractivity contribution in [1.82, 2.24) is 15.2 Å². The van der Waals surface area contributed by atoms with E-state index in [0.717, 1.165) is 12.8 Å². The van der Waals surface area contributed by atoms with E-state index < -0.39 is 48.6 Å². The summed E-state index contributed by atoms with van der Waals surface area (Å²) in [6, 6.07) is 6.16. The number of halogens is 4. The van der Waals surface area contributed by atoms with E-state index in [1.54, 1.807) is 12.1 Å². The van der Waals surface area contributed by atoms with Crippen LogP contribution in [0.1, 0.15) is 26.2 Å². The molecule has 9 nitrogen and oxygen atoms in total. The van der Waals surface area contributed by atoms with E-state index >= 15 is 4.39 Å². The first-order chi connectivity index (χ1) is 20.0. The Morgan fingerprint density at radius 2 is 1.95 bits per heavy atom.